The predicted molar refractivity (Wildman–Crippen MR) is 107 cm³/mol. The Balaban J connectivity index is 1.85. The first kappa shape index (κ1) is 18.9. The maximum Gasteiger partial charge on any atom is 0.258 e. The zero-order valence-corrected chi connectivity index (χ0v) is 16.4. The van der Waals surface area contributed by atoms with Crippen LogP contribution in [0.1, 0.15) is 32.9 Å². The van der Waals surface area contributed by atoms with Gasteiger partial charge in [-0.1, -0.05) is 12.1 Å². The van der Waals surface area contributed by atoms with Crippen molar-refractivity contribution in [3.63, 3.8) is 0 Å². The summed E-state index contributed by atoms with van der Waals surface area (Å²) in [6.07, 6.45) is 0.983. The number of hydrogen-bond acceptors (Lipinski definition) is 6. The Hall–Kier alpha value is -2.89. The first-order valence-electron chi connectivity index (χ1n) is 9.45. The van der Waals surface area contributed by atoms with Gasteiger partial charge in [0.1, 0.15) is 11.6 Å². The lowest BCUT2D eigenvalue weighted by molar-refractivity contribution is 0.317. The maximum absolute atomic E-state index is 5.61. The Morgan fingerprint density at radius 1 is 0.963 bits per heavy atom. The van der Waals surface area contributed by atoms with Crippen molar-refractivity contribution in [1.82, 2.24) is 15.1 Å². The molecule has 6 heteroatoms. The van der Waals surface area contributed by atoms with Crippen molar-refractivity contribution >= 4 is 5.82 Å². The molecule has 0 aliphatic carbocycles. The van der Waals surface area contributed by atoms with E-state index in [1.807, 2.05) is 43.3 Å². The van der Waals surface area contributed by atoms with E-state index in [0.29, 0.717) is 18.3 Å². The lowest BCUT2D eigenvalue weighted by Gasteiger charge is -2.20. The monoisotopic (exact) mass is 366 g/mol. The molecule has 0 N–H and O–H groups in total. The molecule has 0 spiro atoms. The summed E-state index contributed by atoms with van der Waals surface area (Å²) in [4.78, 5) is 11.4. The second-order valence-electron chi connectivity index (χ2n) is 6.32. The molecule has 0 radical (unpaired) electrons. The molecule has 0 unspecified atom stereocenters. The summed E-state index contributed by atoms with van der Waals surface area (Å²) in [5.74, 6) is 2.83. The summed E-state index contributed by atoms with van der Waals surface area (Å²) in [5.41, 5.74) is 2.70. The molecule has 0 aliphatic heterocycles. The van der Waals surface area contributed by atoms with Crippen molar-refractivity contribution in [3.8, 4) is 28.6 Å². The van der Waals surface area contributed by atoms with Crippen molar-refractivity contribution < 1.29 is 9.26 Å². The third-order valence-electron chi connectivity index (χ3n) is 4.29. The molecule has 6 nitrogen and oxygen atoms in total. The van der Waals surface area contributed by atoms with Crippen LogP contribution in [0, 0.1) is 6.92 Å². The van der Waals surface area contributed by atoms with Crippen molar-refractivity contribution in [1.29, 1.82) is 0 Å². The van der Waals surface area contributed by atoms with Crippen LogP contribution in [0.25, 0.3) is 22.8 Å². The molecule has 0 aliphatic rings. The van der Waals surface area contributed by atoms with E-state index in [1.54, 1.807) is 0 Å². The number of benzene rings is 1. The Bertz CT molecular complexity index is 870. The van der Waals surface area contributed by atoms with Gasteiger partial charge < -0.3 is 14.2 Å². The van der Waals surface area contributed by atoms with Crippen molar-refractivity contribution in [2.45, 2.75) is 34.1 Å². The van der Waals surface area contributed by atoms with Gasteiger partial charge in [-0.15, -0.1) is 0 Å². The SMILES string of the molecule is CCCOc1ccc(-c2noc(-c3cc(C)nc(N(CC)CC)c3)n2)cc1. The Morgan fingerprint density at radius 2 is 1.70 bits per heavy atom. The normalized spacial score (nSPS) is 10.8. The molecule has 0 fully saturated rings. The van der Waals surface area contributed by atoms with Gasteiger partial charge in [-0.2, -0.15) is 4.98 Å². The smallest absolute Gasteiger partial charge is 0.258 e. The average Bonchev–Trinajstić information content (AvgIpc) is 3.18. The van der Waals surface area contributed by atoms with E-state index in [0.717, 1.165) is 47.9 Å². The van der Waals surface area contributed by atoms with Gasteiger partial charge in [-0.05, 0) is 63.6 Å². The minimum absolute atomic E-state index is 0.496. The van der Waals surface area contributed by atoms with Gasteiger partial charge in [0.15, 0.2) is 0 Å². The summed E-state index contributed by atoms with van der Waals surface area (Å²) in [5, 5.41) is 4.14. The molecule has 1 aromatic carbocycles. The Labute approximate surface area is 160 Å². The second kappa shape index (κ2) is 8.66. The highest BCUT2D eigenvalue weighted by Gasteiger charge is 2.14. The number of ether oxygens (including phenoxy) is 1. The lowest BCUT2D eigenvalue weighted by Crippen LogP contribution is -2.23. The molecule has 3 rings (SSSR count). The Morgan fingerprint density at radius 3 is 2.37 bits per heavy atom. The molecule has 0 amide bonds. The quantitative estimate of drug-likeness (QED) is 0.574. The molecule has 2 heterocycles. The number of rotatable bonds is 8. The van der Waals surface area contributed by atoms with E-state index in [-0.39, 0.29) is 0 Å². The third-order valence-corrected chi connectivity index (χ3v) is 4.29. The van der Waals surface area contributed by atoms with Gasteiger partial charge in [0.05, 0.1) is 6.61 Å². The van der Waals surface area contributed by atoms with Crippen LogP contribution in [0.2, 0.25) is 0 Å². The first-order valence-corrected chi connectivity index (χ1v) is 9.45. The van der Waals surface area contributed by atoms with Gasteiger partial charge in [-0.3, -0.25) is 0 Å². The van der Waals surface area contributed by atoms with Gasteiger partial charge in [0.25, 0.3) is 5.89 Å². The molecule has 2 aromatic heterocycles. The summed E-state index contributed by atoms with van der Waals surface area (Å²) in [6, 6.07) is 11.7. The molecule has 0 saturated carbocycles. The topological polar surface area (TPSA) is 64.3 Å². The van der Waals surface area contributed by atoms with Gasteiger partial charge in [0, 0.05) is 29.9 Å². The third kappa shape index (κ3) is 4.45. The molecule has 0 atom stereocenters. The number of hydrogen-bond donors (Lipinski definition) is 0. The molecule has 0 saturated heterocycles. The van der Waals surface area contributed by atoms with Crippen LogP contribution in [0.5, 0.6) is 5.75 Å². The van der Waals surface area contributed by atoms with E-state index in [2.05, 4.69) is 40.8 Å². The Kier molecular flexibility index (Phi) is 6.06. The highest BCUT2D eigenvalue weighted by atomic mass is 16.5. The van der Waals surface area contributed by atoms with Crippen LogP contribution in [-0.4, -0.2) is 34.8 Å². The number of aryl methyl sites for hydroxylation is 1. The van der Waals surface area contributed by atoms with Crippen molar-refractivity contribution in [2.24, 2.45) is 0 Å². The summed E-state index contributed by atoms with van der Waals surface area (Å²) in [7, 11) is 0. The zero-order valence-electron chi connectivity index (χ0n) is 16.4. The number of aromatic nitrogens is 3. The number of nitrogens with zero attached hydrogens (tertiary/aromatic N) is 4. The van der Waals surface area contributed by atoms with Crippen LogP contribution < -0.4 is 9.64 Å². The molecule has 142 valence electrons. The highest BCUT2D eigenvalue weighted by Crippen LogP contribution is 2.26. The van der Waals surface area contributed by atoms with Crippen LogP contribution in [0.4, 0.5) is 5.82 Å². The van der Waals surface area contributed by atoms with Crippen LogP contribution in [0.3, 0.4) is 0 Å². The van der Waals surface area contributed by atoms with E-state index in [9.17, 15) is 0 Å². The largest absolute Gasteiger partial charge is 0.494 e. The minimum Gasteiger partial charge on any atom is -0.494 e. The van der Waals surface area contributed by atoms with Gasteiger partial charge >= 0.3 is 0 Å². The van der Waals surface area contributed by atoms with Crippen LogP contribution in [0.15, 0.2) is 40.9 Å². The molecule has 3 aromatic rings. The molecule has 27 heavy (non-hydrogen) atoms. The summed E-state index contributed by atoms with van der Waals surface area (Å²) >= 11 is 0. The fourth-order valence-electron chi connectivity index (χ4n) is 2.86. The van der Waals surface area contributed by atoms with Crippen LogP contribution in [-0.2, 0) is 0 Å². The van der Waals surface area contributed by atoms with Gasteiger partial charge in [0.2, 0.25) is 5.82 Å². The fourth-order valence-corrected chi connectivity index (χ4v) is 2.86. The van der Waals surface area contributed by atoms with E-state index < -0.39 is 0 Å². The minimum atomic E-state index is 0.496. The second-order valence-corrected chi connectivity index (χ2v) is 6.32. The molecular formula is C21H26N4O2. The number of pyridine rings is 1. The summed E-state index contributed by atoms with van der Waals surface area (Å²) < 4.78 is 11.1. The number of anilines is 1. The van der Waals surface area contributed by atoms with E-state index >= 15 is 0 Å². The molecule has 0 bridgehead atoms. The summed E-state index contributed by atoms with van der Waals surface area (Å²) in [6.45, 7) is 10.8. The van der Waals surface area contributed by atoms with E-state index in [1.165, 1.54) is 0 Å². The molecular weight excluding hydrogens is 340 g/mol. The standard InChI is InChI=1S/C21H26N4O2/c1-5-12-26-18-10-8-16(9-11-18)20-23-21(27-24-20)17-13-15(4)22-19(14-17)25(6-2)7-3/h8-11,13-14H,5-7,12H2,1-4H3. The zero-order chi connectivity index (χ0) is 19.2. The van der Waals surface area contributed by atoms with Crippen molar-refractivity contribution in [3.05, 3.63) is 42.1 Å². The first-order chi connectivity index (χ1) is 13.1. The maximum atomic E-state index is 5.61. The van der Waals surface area contributed by atoms with Crippen molar-refractivity contribution in [2.75, 3.05) is 24.6 Å². The highest BCUT2D eigenvalue weighted by molar-refractivity contribution is 5.63. The van der Waals surface area contributed by atoms with Crippen LogP contribution >= 0.6 is 0 Å². The lowest BCUT2D eigenvalue weighted by atomic mass is 10.2. The van der Waals surface area contributed by atoms with Gasteiger partial charge in [-0.25, -0.2) is 4.98 Å². The average molecular weight is 366 g/mol. The fraction of sp³-hybridized carbons (Fsp3) is 0.381. The predicted octanol–water partition coefficient (Wildman–Crippen LogP) is 4.74. The van der Waals surface area contributed by atoms with E-state index in [4.69, 9.17) is 9.26 Å².